The first-order chi connectivity index (χ1) is 14.0. The molecule has 0 unspecified atom stereocenters. The van der Waals surface area contributed by atoms with Gasteiger partial charge in [-0.3, -0.25) is 4.79 Å². The number of hydrogen-bond acceptors (Lipinski definition) is 4. The molecule has 154 valence electrons. The lowest BCUT2D eigenvalue weighted by molar-refractivity contribution is -0.117. The first-order valence-corrected chi connectivity index (χ1v) is 10.8. The van der Waals surface area contributed by atoms with E-state index in [0.29, 0.717) is 5.92 Å². The van der Waals surface area contributed by atoms with Gasteiger partial charge < -0.3 is 15.5 Å². The molecule has 5 nitrogen and oxygen atoms in total. The number of carbonyl (C=O) groups is 1. The quantitative estimate of drug-likeness (QED) is 0.813. The lowest BCUT2D eigenvalue weighted by Gasteiger charge is -2.44. The number of nitrogens with zero attached hydrogens (tertiary/aromatic N) is 2. The summed E-state index contributed by atoms with van der Waals surface area (Å²) in [6.45, 7) is 10.2. The van der Waals surface area contributed by atoms with Crippen molar-refractivity contribution in [3.05, 3.63) is 53.2 Å². The van der Waals surface area contributed by atoms with Crippen LogP contribution in [0.3, 0.4) is 0 Å². The van der Waals surface area contributed by atoms with Crippen LogP contribution in [0.1, 0.15) is 62.4 Å². The topological polar surface area (TPSA) is 57.3 Å². The van der Waals surface area contributed by atoms with Gasteiger partial charge in [0.2, 0.25) is 5.91 Å². The van der Waals surface area contributed by atoms with Gasteiger partial charge in [-0.05, 0) is 75.0 Å². The Hall–Kier alpha value is -2.40. The van der Waals surface area contributed by atoms with Crippen molar-refractivity contribution >= 4 is 17.4 Å². The zero-order valence-corrected chi connectivity index (χ0v) is 17.9. The summed E-state index contributed by atoms with van der Waals surface area (Å²) in [5.41, 5.74) is 4.64. The number of piperidine rings is 1. The molecule has 2 aliphatic heterocycles. The van der Waals surface area contributed by atoms with Crippen molar-refractivity contribution in [1.29, 1.82) is 0 Å². The maximum absolute atomic E-state index is 12.5. The Morgan fingerprint density at radius 2 is 1.93 bits per heavy atom. The zero-order chi connectivity index (χ0) is 20.5. The molecule has 2 aliphatic rings. The number of benzene rings is 1. The minimum absolute atomic E-state index is 0.104. The van der Waals surface area contributed by atoms with E-state index in [0.717, 1.165) is 30.3 Å². The van der Waals surface area contributed by atoms with E-state index < -0.39 is 0 Å². The summed E-state index contributed by atoms with van der Waals surface area (Å²) < 4.78 is 0. The Kier molecular flexibility index (Phi) is 5.59. The molecule has 2 aromatic rings. The lowest BCUT2D eigenvalue weighted by Crippen LogP contribution is -2.48. The molecular weight excluding hydrogens is 360 g/mol. The molecule has 3 atom stereocenters. The van der Waals surface area contributed by atoms with Gasteiger partial charge in [0.15, 0.2) is 0 Å². The predicted octanol–water partition coefficient (Wildman–Crippen LogP) is 4.40. The van der Waals surface area contributed by atoms with Crippen LogP contribution >= 0.6 is 0 Å². The number of nitrogens with one attached hydrogen (secondary N) is 2. The summed E-state index contributed by atoms with van der Waals surface area (Å²) in [5.74, 6) is 1.84. The highest BCUT2D eigenvalue weighted by atomic mass is 16.2. The number of pyridine rings is 1. The van der Waals surface area contributed by atoms with Crippen molar-refractivity contribution < 1.29 is 4.79 Å². The van der Waals surface area contributed by atoms with Crippen LogP contribution in [-0.4, -0.2) is 30.0 Å². The molecule has 0 radical (unpaired) electrons. The van der Waals surface area contributed by atoms with Crippen molar-refractivity contribution in [2.24, 2.45) is 5.92 Å². The predicted molar refractivity (Wildman–Crippen MR) is 118 cm³/mol. The Labute approximate surface area is 173 Å². The molecule has 0 spiro atoms. The van der Waals surface area contributed by atoms with Crippen LogP contribution in [0, 0.1) is 12.8 Å². The average Bonchev–Trinajstić information content (AvgIpc) is 2.72. The van der Waals surface area contributed by atoms with Gasteiger partial charge in [-0.1, -0.05) is 25.1 Å². The molecule has 1 saturated heterocycles. The number of anilines is 2. The summed E-state index contributed by atoms with van der Waals surface area (Å²) in [6.07, 6.45) is 2.33. The van der Waals surface area contributed by atoms with Crippen LogP contribution in [0.4, 0.5) is 11.5 Å². The van der Waals surface area contributed by atoms with Gasteiger partial charge in [-0.15, -0.1) is 0 Å². The Morgan fingerprint density at radius 1 is 1.17 bits per heavy atom. The van der Waals surface area contributed by atoms with Gasteiger partial charge in [0.25, 0.3) is 0 Å². The smallest absolute Gasteiger partial charge is 0.224 e. The van der Waals surface area contributed by atoms with Crippen LogP contribution in [0.5, 0.6) is 0 Å². The molecule has 0 saturated carbocycles. The second-order valence-corrected chi connectivity index (χ2v) is 8.62. The van der Waals surface area contributed by atoms with E-state index >= 15 is 0 Å². The summed E-state index contributed by atoms with van der Waals surface area (Å²) in [7, 11) is 0. The van der Waals surface area contributed by atoms with Gasteiger partial charge in [-0.25, -0.2) is 4.98 Å². The molecule has 0 aliphatic carbocycles. The van der Waals surface area contributed by atoms with Crippen LogP contribution < -0.4 is 15.5 Å². The van der Waals surface area contributed by atoms with E-state index in [1.165, 1.54) is 24.0 Å². The summed E-state index contributed by atoms with van der Waals surface area (Å²) in [5, 5.41) is 7.14. The normalized spacial score (nSPS) is 24.8. The standard InChI is InChI=1S/C24H32N4O/c1-15-6-5-7-23(26-15)27-24-16(2)17(3)28(18(4)29)22-9-8-20(14-21(22)24)19-10-12-25-13-11-19/h5-9,14,16-17,19,24-25H,10-13H2,1-4H3,(H,26,27)/t16-,17-,24+/m0/s1. The first-order valence-electron chi connectivity index (χ1n) is 10.8. The van der Waals surface area contributed by atoms with Crippen molar-refractivity contribution in [2.75, 3.05) is 23.3 Å². The summed E-state index contributed by atoms with van der Waals surface area (Å²) in [4.78, 5) is 19.1. The van der Waals surface area contributed by atoms with E-state index in [4.69, 9.17) is 0 Å². The monoisotopic (exact) mass is 392 g/mol. The van der Waals surface area contributed by atoms with Crippen LogP contribution in [0.25, 0.3) is 0 Å². The molecule has 5 heteroatoms. The van der Waals surface area contributed by atoms with E-state index in [1.54, 1.807) is 6.92 Å². The molecule has 1 amide bonds. The van der Waals surface area contributed by atoms with Gasteiger partial charge in [0.05, 0.1) is 6.04 Å². The highest BCUT2D eigenvalue weighted by Crippen LogP contribution is 2.44. The van der Waals surface area contributed by atoms with E-state index in [1.807, 2.05) is 30.0 Å². The Morgan fingerprint density at radius 3 is 2.62 bits per heavy atom. The minimum Gasteiger partial charge on any atom is -0.363 e. The third-order valence-corrected chi connectivity index (χ3v) is 6.68. The largest absolute Gasteiger partial charge is 0.363 e. The van der Waals surface area contributed by atoms with Gasteiger partial charge >= 0.3 is 0 Å². The van der Waals surface area contributed by atoms with Crippen molar-refractivity contribution in [1.82, 2.24) is 10.3 Å². The third kappa shape index (κ3) is 3.88. The van der Waals surface area contributed by atoms with Crippen molar-refractivity contribution in [3.8, 4) is 0 Å². The molecule has 1 aromatic carbocycles. The molecule has 1 fully saturated rings. The number of aryl methyl sites for hydroxylation is 1. The fourth-order valence-electron chi connectivity index (χ4n) is 4.92. The molecule has 4 rings (SSSR count). The molecule has 1 aromatic heterocycles. The fraction of sp³-hybridized carbons (Fsp3) is 0.500. The number of rotatable bonds is 3. The fourth-order valence-corrected chi connectivity index (χ4v) is 4.92. The van der Waals surface area contributed by atoms with Crippen molar-refractivity contribution in [3.63, 3.8) is 0 Å². The molecule has 29 heavy (non-hydrogen) atoms. The van der Waals surface area contributed by atoms with E-state index in [9.17, 15) is 4.79 Å². The second kappa shape index (κ2) is 8.15. The van der Waals surface area contributed by atoms with Gasteiger partial charge in [0, 0.05) is 30.3 Å². The lowest BCUT2D eigenvalue weighted by atomic mass is 9.80. The van der Waals surface area contributed by atoms with E-state index in [2.05, 4.69) is 47.7 Å². The Bertz CT molecular complexity index is 890. The first kappa shape index (κ1) is 19.9. The number of carbonyl (C=O) groups excluding carboxylic acids is 1. The highest BCUT2D eigenvalue weighted by molar-refractivity contribution is 5.94. The average molecular weight is 393 g/mol. The molecule has 0 bridgehead atoms. The SMILES string of the molecule is CC(=O)N1c2ccc(C3CCNCC3)cc2[C@H](Nc2cccc(C)n2)[C@@H](C)[C@@H]1C. The number of aromatic nitrogens is 1. The molecular formula is C24H32N4O. The van der Waals surface area contributed by atoms with Crippen LogP contribution in [0.15, 0.2) is 36.4 Å². The summed E-state index contributed by atoms with van der Waals surface area (Å²) in [6, 6.07) is 13.0. The third-order valence-electron chi connectivity index (χ3n) is 6.68. The Balaban J connectivity index is 1.76. The minimum atomic E-state index is 0.104. The maximum Gasteiger partial charge on any atom is 0.224 e. The second-order valence-electron chi connectivity index (χ2n) is 8.62. The van der Waals surface area contributed by atoms with E-state index in [-0.39, 0.29) is 23.9 Å². The van der Waals surface area contributed by atoms with Crippen molar-refractivity contribution in [2.45, 2.75) is 58.5 Å². The van der Waals surface area contributed by atoms with Gasteiger partial charge in [0.1, 0.15) is 5.82 Å². The van der Waals surface area contributed by atoms with Crippen LogP contribution in [-0.2, 0) is 4.79 Å². The number of fused-ring (bicyclic) bond motifs is 1. The highest BCUT2D eigenvalue weighted by Gasteiger charge is 2.38. The van der Waals surface area contributed by atoms with Gasteiger partial charge in [-0.2, -0.15) is 0 Å². The zero-order valence-electron chi connectivity index (χ0n) is 17.9. The molecule has 3 heterocycles. The number of amides is 1. The number of hydrogen-bond donors (Lipinski definition) is 2. The summed E-state index contributed by atoms with van der Waals surface area (Å²) >= 11 is 0. The molecule has 2 N–H and O–H groups in total. The maximum atomic E-state index is 12.5. The van der Waals surface area contributed by atoms with Crippen LogP contribution in [0.2, 0.25) is 0 Å².